The molecule has 0 aromatic carbocycles. The minimum absolute atomic E-state index is 0.0777. The molecule has 2 aliphatic heterocycles. The lowest BCUT2D eigenvalue weighted by Gasteiger charge is -2.34. The van der Waals surface area contributed by atoms with Crippen molar-refractivity contribution >= 4 is 17.9 Å². The number of piperazine rings is 1. The topological polar surface area (TPSA) is 70.2 Å². The maximum absolute atomic E-state index is 12.6. The largest absolute Gasteiger partial charge is 0.450 e. The summed E-state index contributed by atoms with van der Waals surface area (Å²) in [6, 6.07) is 0. The first kappa shape index (κ1) is 17.0. The van der Waals surface area contributed by atoms with Crippen molar-refractivity contribution in [1.29, 1.82) is 0 Å². The summed E-state index contributed by atoms with van der Waals surface area (Å²) in [6.45, 7) is 5.88. The van der Waals surface area contributed by atoms with Crippen molar-refractivity contribution in [2.75, 3.05) is 45.9 Å². The first-order valence-corrected chi connectivity index (χ1v) is 9.11. The second-order valence-electron chi connectivity index (χ2n) is 6.85. The van der Waals surface area contributed by atoms with Gasteiger partial charge in [-0.25, -0.2) is 4.79 Å². The molecule has 3 aliphatic rings. The fourth-order valence-electron chi connectivity index (χ4n) is 3.65. The van der Waals surface area contributed by atoms with Crippen LogP contribution in [0, 0.1) is 11.8 Å². The molecule has 0 aromatic heterocycles. The Morgan fingerprint density at radius 3 is 1.83 bits per heavy atom. The summed E-state index contributed by atoms with van der Waals surface area (Å²) in [5.74, 6) is -0.0145. The number of hydrogen-bond acceptors (Lipinski definition) is 4. The number of amides is 3. The van der Waals surface area contributed by atoms with Crippen LogP contribution in [0.5, 0.6) is 0 Å². The second kappa shape index (κ2) is 7.40. The number of likely N-dealkylation sites (tertiary alicyclic amines) is 1. The van der Waals surface area contributed by atoms with Crippen molar-refractivity contribution in [3.8, 4) is 0 Å². The third-order valence-electron chi connectivity index (χ3n) is 5.21. The Bertz CT molecular complexity index is 496. The Kier molecular flexibility index (Phi) is 5.26. The highest BCUT2D eigenvalue weighted by molar-refractivity contribution is 5.92. The molecule has 0 spiro atoms. The van der Waals surface area contributed by atoms with E-state index in [4.69, 9.17) is 4.74 Å². The van der Waals surface area contributed by atoms with E-state index in [1.807, 2.05) is 4.90 Å². The van der Waals surface area contributed by atoms with E-state index in [1.54, 1.807) is 16.7 Å². The molecule has 0 bridgehead atoms. The Morgan fingerprint density at radius 2 is 1.29 bits per heavy atom. The predicted octanol–water partition coefficient (Wildman–Crippen LogP) is 0.936. The second-order valence-corrected chi connectivity index (χ2v) is 6.85. The van der Waals surface area contributed by atoms with Crippen LogP contribution < -0.4 is 0 Å². The summed E-state index contributed by atoms with van der Waals surface area (Å²) in [4.78, 5) is 42.1. The number of hydrogen-bond donors (Lipinski definition) is 0. The van der Waals surface area contributed by atoms with E-state index in [0.29, 0.717) is 39.2 Å². The highest BCUT2D eigenvalue weighted by atomic mass is 16.6. The van der Waals surface area contributed by atoms with Gasteiger partial charge in [0.05, 0.1) is 18.4 Å². The van der Waals surface area contributed by atoms with E-state index >= 15 is 0 Å². The van der Waals surface area contributed by atoms with Crippen LogP contribution in [0.15, 0.2) is 0 Å². The van der Waals surface area contributed by atoms with Gasteiger partial charge in [0.25, 0.3) is 0 Å². The molecule has 2 saturated heterocycles. The van der Waals surface area contributed by atoms with Gasteiger partial charge in [0.15, 0.2) is 0 Å². The normalized spacial score (nSPS) is 27.0. The zero-order valence-electron chi connectivity index (χ0n) is 14.4. The fraction of sp³-hybridized carbons (Fsp3) is 0.824. The van der Waals surface area contributed by atoms with Crippen molar-refractivity contribution in [2.45, 2.75) is 32.6 Å². The van der Waals surface area contributed by atoms with Gasteiger partial charge < -0.3 is 19.4 Å². The number of ether oxygens (including phenoxy) is 1. The first-order valence-electron chi connectivity index (χ1n) is 9.11. The molecule has 3 fully saturated rings. The molecule has 7 nitrogen and oxygen atoms in total. The van der Waals surface area contributed by atoms with Gasteiger partial charge in [-0.3, -0.25) is 9.59 Å². The Balaban J connectivity index is 1.45. The average Bonchev–Trinajstić information content (AvgIpc) is 3.42. The van der Waals surface area contributed by atoms with Crippen molar-refractivity contribution in [3.63, 3.8) is 0 Å². The molecular formula is C17H27N3O4. The smallest absolute Gasteiger partial charge is 0.409 e. The number of carbonyl (C=O) groups excluding carboxylic acids is 3. The SMILES string of the molecule is CCOC(=O)N1CCN(C(=O)C2CC2C(=O)N2CCCCC2)CC1. The van der Waals surface area contributed by atoms with Crippen LogP contribution in [0.3, 0.4) is 0 Å². The summed E-state index contributed by atoms with van der Waals surface area (Å²) < 4.78 is 4.99. The highest BCUT2D eigenvalue weighted by Gasteiger charge is 2.51. The molecule has 1 saturated carbocycles. The zero-order valence-corrected chi connectivity index (χ0v) is 14.4. The molecule has 0 radical (unpaired) electrons. The molecule has 1 aliphatic carbocycles. The van der Waals surface area contributed by atoms with Gasteiger partial charge in [0.2, 0.25) is 11.8 Å². The maximum atomic E-state index is 12.6. The van der Waals surface area contributed by atoms with Gasteiger partial charge in [-0.2, -0.15) is 0 Å². The quantitative estimate of drug-likeness (QED) is 0.768. The van der Waals surface area contributed by atoms with E-state index in [-0.39, 0.29) is 29.7 Å². The third kappa shape index (κ3) is 3.65. The van der Waals surface area contributed by atoms with Crippen LogP contribution in [0.25, 0.3) is 0 Å². The zero-order chi connectivity index (χ0) is 17.1. The minimum atomic E-state index is -0.311. The fourth-order valence-corrected chi connectivity index (χ4v) is 3.65. The highest BCUT2D eigenvalue weighted by Crippen LogP contribution is 2.42. The van der Waals surface area contributed by atoms with Crippen LogP contribution >= 0.6 is 0 Å². The summed E-state index contributed by atoms with van der Waals surface area (Å²) in [5.41, 5.74) is 0. The van der Waals surface area contributed by atoms with Gasteiger partial charge in [-0.1, -0.05) is 0 Å². The third-order valence-corrected chi connectivity index (χ3v) is 5.21. The van der Waals surface area contributed by atoms with Gasteiger partial charge in [0, 0.05) is 39.3 Å². The van der Waals surface area contributed by atoms with Crippen molar-refractivity contribution < 1.29 is 19.1 Å². The summed E-state index contributed by atoms with van der Waals surface area (Å²) in [5, 5.41) is 0. The number of carbonyl (C=O) groups is 3. The molecule has 3 rings (SSSR count). The van der Waals surface area contributed by atoms with Gasteiger partial charge in [-0.05, 0) is 32.6 Å². The molecule has 2 atom stereocenters. The molecule has 134 valence electrons. The standard InChI is InChI=1S/C17H27N3O4/c1-2-24-17(23)20-10-8-19(9-11-20)16(22)14-12-13(14)15(21)18-6-4-3-5-7-18/h13-14H,2-12H2,1H3. The first-order chi connectivity index (χ1) is 11.6. The van der Waals surface area contributed by atoms with E-state index in [0.717, 1.165) is 25.9 Å². The lowest BCUT2D eigenvalue weighted by molar-refractivity contribution is -0.139. The average molecular weight is 337 g/mol. The molecule has 7 heteroatoms. The molecule has 2 heterocycles. The van der Waals surface area contributed by atoms with Crippen molar-refractivity contribution in [1.82, 2.24) is 14.7 Å². The lowest BCUT2D eigenvalue weighted by atomic mass is 10.1. The maximum Gasteiger partial charge on any atom is 0.409 e. The molecule has 0 aromatic rings. The lowest BCUT2D eigenvalue weighted by Crippen LogP contribution is -2.51. The number of nitrogens with zero attached hydrogens (tertiary/aromatic N) is 3. The van der Waals surface area contributed by atoms with Crippen LogP contribution in [-0.4, -0.2) is 78.5 Å². The van der Waals surface area contributed by atoms with E-state index in [9.17, 15) is 14.4 Å². The number of piperidine rings is 1. The van der Waals surface area contributed by atoms with Gasteiger partial charge in [0.1, 0.15) is 0 Å². The summed E-state index contributed by atoms with van der Waals surface area (Å²) >= 11 is 0. The number of rotatable bonds is 3. The monoisotopic (exact) mass is 337 g/mol. The van der Waals surface area contributed by atoms with Crippen LogP contribution in [-0.2, 0) is 14.3 Å². The van der Waals surface area contributed by atoms with E-state index in [1.165, 1.54) is 6.42 Å². The van der Waals surface area contributed by atoms with Gasteiger partial charge >= 0.3 is 6.09 Å². The van der Waals surface area contributed by atoms with Crippen LogP contribution in [0.2, 0.25) is 0 Å². The Morgan fingerprint density at radius 1 is 0.792 bits per heavy atom. The van der Waals surface area contributed by atoms with E-state index < -0.39 is 0 Å². The summed E-state index contributed by atoms with van der Waals surface area (Å²) in [7, 11) is 0. The van der Waals surface area contributed by atoms with Crippen LogP contribution in [0.1, 0.15) is 32.6 Å². The molecule has 3 amide bonds. The van der Waals surface area contributed by atoms with Crippen LogP contribution in [0.4, 0.5) is 4.79 Å². The van der Waals surface area contributed by atoms with E-state index in [2.05, 4.69) is 0 Å². The Hall–Kier alpha value is -1.79. The Labute approximate surface area is 142 Å². The van der Waals surface area contributed by atoms with Gasteiger partial charge in [-0.15, -0.1) is 0 Å². The van der Waals surface area contributed by atoms with Crippen molar-refractivity contribution in [2.24, 2.45) is 11.8 Å². The molecule has 2 unspecified atom stereocenters. The molecule has 0 N–H and O–H groups in total. The van der Waals surface area contributed by atoms with Crippen molar-refractivity contribution in [3.05, 3.63) is 0 Å². The summed E-state index contributed by atoms with van der Waals surface area (Å²) in [6.07, 6.45) is 3.72. The minimum Gasteiger partial charge on any atom is -0.450 e. The molecule has 24 heavy (non-hydrogen) atoms. The predicted molar refractivity (Wildman–Crippen MR) is 87.2 cm³/mol. The molecular weight excluding hydrogens is 310 g/mol.